The Labute approximate surface area is 161 Å². The van der Waals surface area contributed by atoms with Crippen molar-refractivity contribution in [3.05, 3.63) is 48.2 Å². The highest BCUT2D eigenvalue weighted by Crippen LogP contribution is 2.50. The number of hydrogen-bond acceptors (Lipinski definition) is 3. The topological polar surface area (TPSA) is 91.4 Å². The average Bonchev–Trinajstić information content (AvgIpc) is 3.26. The predicted molar refractivity (Wildman–Crippen MR) is 105 cm³/mol. The molecule has 0 spiro atoms. The van der Waals surface area contributed by atoms with Gasteiger partial charge in [-0.3, -0.25) is 9.59 Å². The molecule has 1 saturated carbocycles. The normalized spacial score (nSPS) is 26.6. The molecule has 6 nitrogen and oxygen atoms in total. The second kappa shape index (κ2) is 6.07. The lowest BCUT2D eigenvalue weighted by Crippen LogP contribution is -2.46. The van der Waals surface area contributed by atoms with E-state index >= 15 is 0 Å². The number of carboxylic acids is 1. The van der Waals surface area contributed by atoms with Crippen molar-refractivity contribution in [1.29, 1.82) is 0 Å². The fourth-order valence-corrected chi connectivity index (χ4v) is 4.87. The molecule has 0 radical (unpaired) electrons. The van der Waals surface area contributed by atoms with Crippen LogP contribution in [0.1, 0.15) is 36.2 Å². The van der Waals surface area contributed by atoms with E-state index in [2.05, 4.69) is 16.4 Å². The third-order valence-corrected chi connectivity index (χ3v) is 6.40. The molecule has 144 valence electrons. The molecule has 5 rings (SSSR count). The zero-order chi connectivity index (χ0) is 19.4. The van der Waals surface area contributed by atoms with Crippen molar-refractivity contribution in [1.82, 2.24) is 10.3 Å². The van der Waals surface area contributed by atoms with Crippen molar-refractivity contribution in [2.75, 3.05) is 13.2 Å². The number of aliphatic carboxylic acids is 1. The molecule has 2 atom stereocenters. The van der Waals surface area contributed by atoms with E-state index in [1.807, 2.05) is 36.4 Å². The van der Waals surface area contributed by atoms with E-state index in [0.29, 0.717) is 25.1 Å². The smallest absolute Gasteiger partial charge is 0.312 e. The molecule has 2 unspecified atom stereocenters. The monoisotopic (exact) mass is 378 g/mol. The zero-order valence-corrected chi connectivity index (χ0v) is 15.5. The van der Waals surface area contributed by atoms with Crippen LogP contribution in [0, 0.1) is 5.41 Å². The van der Waals surface area contributed by atoms with Crippen molar-refractivity contribution in [2.45, 2.75) is 31.3 Å². The molecule has 1 amide bonds. The second-order valence-corrected chi connectivity index (χ2v) is 8.20. The maximum Gasteiger partial charge on any atom is 0.312 e. The van der Waals surface area contributed by atoms with Crippen LogP contribution in [-0.4, -0.2) is 40.7 Å². The van der Waals surface area contributed by atoms with Crippen LogP contribution >= 0.6 is 0 Å². The minimum Gasteiger partial charge on any atom is -0.481 e. The highest BCUT2D eigenvalue weighted by atomic mass is 16.5. The molecule has 3 N–H and O–H groups in total. The van der Waals surface area contributed by atoms with Crippen molar-refractivity contribution >= 4 is 33.6 Å². The van der Waals surface area contributed by atoms with Gasteiger partial charge in [0.25, 0.3) is 5.91 Å². The number of carbonyl (C=O) groups is 2. The van der Waals surface area contributed by atoms with Gasteiger partial charge in [-0.25, -0.2) is 0 Å². The lowest BCUT2D eigenvalue weighted by molar-refractivity contribution is -0.149. The Kier molecular flexibility index (Phi) is 3.74. The first-order valence-electron chi connectivity index (χ1n) is 9.66. The summed E-state index contributed by atoms with van der Waals surface area (Å²) in [6.07, 6.45) is 2.69. The van der Waals surface area contributed by atoms with Crippen LogP contribution in [-0.2, 0) is 9.53 Å². The molecule has 1 aliphatic heterocycles. The number of aromatic nitrogens is 1. The number of ether oxygens (including phenoxy) is 1. The van der Waals surface area contributed by atoms with Gasteiger partial charge >= 0.3 is 5.97 Å². The van der Waals surface area contributed by atoms with Gasteiger partial charge in [0.05, 0.1) is 17.6 Å². The van der Waals surface area contributed by atoms with Crippen LogP contribution in [0.25, 0.3) is 21.7 Å². The summed E-state index contributed by atoms with van der Waals surface area (Å²) in [5.74, 6) is -0.987. The standard InChI is InChI=1S/C22H22N2O4/c25-19(23-12-22-9-3-8-21(11-22,13-28-22)20(26)27)18-10-16-15-5-2-1-4-14(15)6-7-17(16)24-18/h1-2,4-7,10,24H,3,8-9,11-13H2,(H,23,25)(H,26,27). The van der Waals surface area contributed by atoms with Crippen LogP contribution < -0.4 is 5.32 Å². The second-order valence-electron chi connectivity index (χ2n) is 8.20. The Hall–Kier alpha value is -2.86. The van der Waals surface area contributed by atoms with Gasteiger partial charge < -0.3 is 20.1 Å². The number of fused-ring (bicyclic) bond motifs is 5. The molecule has 3 aromatic rings. The van der Waals surface area contributed by atoms with Crippen LogP contribution in [0.5, 0.6) is 0 Å². The molecule has 2 aromatic carbocycles. The molecule has 2 fully saturated rings. The maximum atomic E-state index is 12.8. The molecule has 6 heteroatoms. The Morgan fingerprint density at radius 3 is 2.86 bits per heavy atom. The fraction of sp³-hybridized carbons (Fsp3) is 0.364. The Balaban J connectivity index is 1.36. The van der Waals surface area contributed by atoms with Gasteiger partial charge in [0, 0.05) is 17.4 Å². The molecule has 1 aliphatic carbocycles. The Morgan fingerprint density at radius 2 is 2.00 bits per heavy atom. The quantitative estimate of drug-likeness (QED) is 0.648. The molecular weight excluding hydrogens is 356 g/mol. The number of amides is 1. The number of carbonyl (C=O) groups excluding carboxylic acids is 1. The SMILES string of the molecule is O=C(NCC12CCCC(C(=O)O)(CO1)C2)c1cc2c(ccc3ccccc32)[nH]1. The number of hydrogen-bond donors (Lipinski definition) is 3. The summed E-state index contributed by atoms with van der Waals surface area (Å²) in [5, 5.41) is 15.8. The first-order valence-corrected chi connectivity index (χ1v) is 9.66. The van der Waals surface area contributed by atoms with Gasteiger partial charge in [-0.05, 0) is 48.6 Å². The molecule has 2 aliphatic rings. The van der Waals surface area contributed by atoms with Gasteiger partial charge in [-0.15, -0.1) is 0 Å². The highest BCUT2D eigenvalue weighted by molar-refractivity contribution is 6.09. The molecule has 2 heterocycles. The largest absolute Gasteiger partial charge is 0.481 e. The Morgan fingerprint density at radius 1 is 1.14 bits per heavy atom. The number of H-pyrrole nitrogens is 1. The van der Waals surface area contributed by atoms with Gasteiger partial charge in [0.15, 0.2) is 0 Å². The number of carboxylic acid groups (broad SMARTS) is 1. The summed E-state index contributed by atoms with van der Waals surface area (Å²) in [6, 6.07) is 14.0. The minimum atomic E-state index is -0.789. The van der Waals surface area contributed by atoms with E-state index in [-0.39, 0.29) is 12.5 Å². The minimum absolute atomic E-state index is 0.198. The van der Waals surface area contributed by atoms with Gasteiger partial charge in [0.1, 0.15) is 5.69 Å². The summed E-state index contributed by atoms with van der Waals surface area (Å²) in [7, 11) is 0. The van der Waals surface area contributed by atoms with E-state index in [0.717, 1.165) is 34.5 Å². The van der Waals surface area contributed by atoms with Crippen LogP contribution in [0.2, 0.25) is 0 Å². The van der Waals surface area contributed by atoms with Crippen LogP contribution in [0.4, 0.5) is 0 Å². The lowest BCUT2D eigenvalue weighted by Gasteiger charge is -2.34. The summed E-state index contributed by atoms with van der Waals surface area (Å²) >= 11 is 0. The third kappa shape index (κ3) is 2.59. The van der Waals surface area contributed by atoms with E-state index in [1.54, 1.807) is 0 Å². The molecule has 2 bridgehead atoms. The van der Waals surface area contributed by atoms with E-state index in [4.69, 9.17) is 4.74 Å². The summed E-state index contributed by atoms with van der Waals surface area (Å²) in [6.45, 7) is 0.563. The lowest BCUT2D eigenvalue weighted by atomic mass is 9.70. The van der Waals surface area contributed by atoms with Gasteiger partial charge in [-0.1, -0.05) is 30.3 Å². The number of rotatable bonds is 4. The van der Waals surface area contributed by atoms with E-state index in [9.17, 15) is 14.7 Å². The Bertz CT molecular complexity index is 1100. The molecule has 1 aromatic heterocycles. The maximum absolute atomic E-state index is 12.8. The molecule has 1 saturated heterocycles. The average molecular weight is 378 g/mol. The van der Waals surface area contributed by atoms with Crippen LogP contribution in [0.15, 0.2) is 42.5 Å². The number of aromatic amines is 1. The number of nitrogens with one attached hydrogen (secondary N) is 2. The highest BCUT2D eigenvalue weighted by Gasteiger charge is 2.56. The van der Waals surface area contributed by atoms with Crippen molar-refractivity contribution in [3.8, 4) is 0 Å². The van der Waals surface area contributed by atoms with Gasteiger partial charge in [-0.2, -0.15) is 0 Å². The summed E-state index contributed by atoms with van der Waals surface area (Å²) in [5.41, 5.74) is 0.0661. The van der Waals surface area contributed by atoms with Crippen LogP contribution in [0.3, 0.4) is 0 Å². The van der Waals surface area contributed by atoms with Crippen molar-refractivity contribution in [3.63, 3.8) is 0 Å². The first kappa shape index (κ1) is 17.3. The predicted octanol–water partition coefficient (Wildman–Crippen LogP) is 3.46. The third-order valence-electron chi connectivity index (χ3n) is 6.40. The number of benzene rings is 2. The summed E-state index contributed by atoms with van der Waals surface area (Å²) in [4.78, 5) is 27.6. The molecular formula is C22H22N2O4. The van der Waals surface area contributed by atoms with E-state index < -0.39 is 17.0 Å². The van der Waals surface area contributed by atoms with Crippen molar-refractivity contribution in [2.24, 2.45) is 5.41 Å². The first-order chi connectivity index (χ1) is 13.5. The zero-order valence-electron chi connectivity index (χ0n) is 15.5. The van der Waals surface area contributed by atoms with Crippen molar-refractivity contribution < 1.29 is 19.4 Å². The summed E-state index contributed by atoms with van der Waals surface area (Å²) < 4.78 is 5.93. The van der Waals surface area contributed by atoms with Gasteiger partial charge in [0.2, 0.25) is 0 Å². The molecule has 28 heavy (non-hydrogen) atoms. The fourth-order valence-electron chi connectivity index (χ4n) is 4.87. The van der Waals surface area contributed by atoms with E-state index in [1.165, 1.54) is 0 Å².